The van der Waals surface area contributed by atoms with Crippen molar-refractivity contribution in [2.45, 2.75) is 31.3 Å². The minimum Gasteiger partial charge on any atom is -0.479 e. The number of thioether (sulfide) groups is 1. The number of rotatable bonds is 6. The number of benzene rings is 1. The fraction of sp³-hybridized carbons (Fsp3) is 0.462. The Kier molecular flexibility index (Phi) is 5.91. The molecule has 0 radical (unpaired) electrons. The molecule has 0 N–H and O–H groups in total. The van der Waals surface area contributed by atoms with Crippen LogP contribution in [0.3, 0.4) is 0 Å². The minimum absolute atomic E-state index is 0.302. The van der Waals surface area contributed by atoms with Crippen LogP contribution in [0.15, 0.2) is 29.2 Å². The first kappa shape index (κ1) is 13.9. The summed E-state index contributed by atoms with van der Waals surface area (Å²) < 4.78 is 10.5. The third-order valence-corrected chi connectivity index (χ3v) is 3.00. The van der Waals surface area contributed by atoms with E-state index in [1.807, 2.05) is 37.4 Å². The zero-order valence-electron chi connectivity index (χ0n) is 10.4. The first-order valence-electron chi connectivity index (χ1n) is 5.68. The molecule has 17 heavy (non-hydrogen) atoms. The normalized spacial score (nSPS) is 11.9. The van der Waals surface area contributed by atoms with Gasteiger partial charge in [-0.2, -0.15) is 0 Å². The molecule has 0 aromatic heterocycles. The number of esters is 1. The lowest BCUT2D eigenvalue weighted by atomic mass is 10.2. The van der Waals surface area contributed by atoms with E-state index in [9.17, 15) is 4.79 Å². The highest BCUT2D eigenvalue weighted by Gasteiger charge is 2.19. The van der Waals surface area contributed by atoms with Gasteiger partial charge in [0.15, 0.2) is 6.10 Å². The molecule has 1 aromatic carbocycles. The van der Waals surface area contributed by atoms with E-state index < -0.39 is 6.10 Å². The molecule has 0 saturated heterocycles. The van der Waals surface area contributed by atoms with Gasteiger partial charge in [0.05, 0.1) is 6.61 Å². The Labute approximate surface area is 106 Å². The van der Waals surface area contributed by atoms with Crippen molar-refractivity contribution in [3.8, 4) is 5.75 Å². The topological polar surface area (TPSA) is 35.5 Å². The maximum absolute atomic E-state index is 11.6. The van der Waals surface area contributed by atoms with Crippen molar-refractivity contribution in [1.82, 2.24) is 0 Å². The van der Waals surface area contributed by atoms with Crippen molar-refractivity contribution in [3.05, 3.63) is 24.3 Å². The molecule has 0 aliphatic carbocycles. The fourth-order valence-corrected chi connectivity index (χ4v) is 1.76. The van der Waals surface area contributed by atoms with Crippen molar-refractivity contribution in [2.75, 3.05) is 12.9 Å². The van der Waals surface area contributed by atoms with E-state index in [4.69, 9.17) is 9.47 Å². The summed E-state index contributed by atoms with van der Waals surface area (Å²) in [4.78, 5) is 12.7. The molecular weight excluding hydrogens is 236 g/mol. The van der Waals surface area contributed by atoms with Gasteiger partial charge in [0.25, 0.3) is 0 Å². The maximum atomic E-state index is 11.6. The van der Waals surface area contributed by atoms with Crippen LogP contribution < -0.4 is 4.74 Å². The molecule has 0 saturated carbocycles. The second-order valence-corrected chi connectivity index (χ2v) is 4.32. The monoisotopic (exact) mass is 254 g/mol. The smallest absolute Gasteiger partial charge is 0.347 e. The molecule has 0 aliphatic heterocycles. The highest BCUT2D eigenvalue weighted by molar-refractivity contribution is 7.98. The number of hydrogen-bond acceptors (Lipinski definition) is 4. The summed E-state index contributed by atoms with van der Waals surface area (Å²) in [7, 11) is 0. The summed E-state index contributed by atoms with van der Waals surface area (Å²) in [5, 5.41) is 0. The Bertz CT molecular complexity index is 348. The molecule has 1 atom stereocenters. The van der Waals surface area contributed by atoms with Gasteiger partial charge in [0.2, 0.25) is 0 Å². The van der Waals surface area contributed by atoms with Crippen LogP contribution in [0.1, 0.15) is 20.3 Å². The fourth-order valence-electron chi connectivity index (χ4n) is 1.35. The van der Waals surface area contributed by atoms with Crippen LogP contribution in [0.5, 0.6) is 5.75 Å². The molecule has 0 bridgehead atoms. The Balaban J connectivity index is 2.63. The highest BCUT2D eigenvalue weighted by atomic mass is 32.2. The number of ether oxygens (including phenoxy) is 2. The van der Waals surface area contributed by atoms with Crippen LogP contribution in [0.2, 0.25) is 0 Å². The van der Waals surface area contributed by atoms with Crippen LogP contribution in [0.4, 0.5) is 0 Å². The maximum Gasteiger partial charge on any atom is 0.347 e. The van der Waals surface area contributed by atoms with E-state index in [1.54, 1.807) is 18.7 Å². The van der Waals surface area contributed by atoms with Gasteiger partial charge in [0, 0.05) is 4.90 Å². The first-order valence-corrected chi connectivity index (χ1v) is 6.91. The highest BCUT2D eigenvalue weighted by Crippen LogP contribution is 2.20. The van der Waals surface area contributed by atoms with Gasteiger partial charge < -0.3 is 9.47 Å². The summed E-state index contributed by atoms with van der Waals surface area (Å²) >= 11 is 1.67. The summed E-state index contributed by atoms with van der Waals surface area (Å²) in [5.74, 6) is 0.395. The SMILES string of the molecule is CCOC(=O)C(CC)Oc1ccc(SC)cc1. The lowest BCUT2D eigenvalue weighted by molar-refractivity contribution is -0.151. The van der Waals surface area contributed by atoms with Crippen LogP contribution >= 0.6 is 11.8 Å². The second-order valence-electron chi connectivity index (χ2n) is 3.44. The van der Waals surface area contributed by atoms with Crippen molar-refractivity contribution in [1.29, 1.82) is 0 Å². The summed E-state index contributed by atoms with van der Waals surface area (Å²) in [5.41, 5.74) is 0. The molecule has 0 heterocycles. The van der Waals surface area contributed by atoms with Gasteiger partial charge in [-0.3, -0.25) is 0 Å². The Morgan fingerprint density at radius 1 is 1.29 bits per heavy atom. The van der Waals surface area contributed by atoms with Crippen molar-refractivity contribution < 1.29 is 14.3 Å². The van der Waals surface area contributed by atoms with Crippen molar-refractivity contribution in [2.24, 2.45) is 0 Å². The van der Waals surface area contributed by atoms with E-state index in [1.165, 1.54) is 4.90 Å². The molecule has 94 valence electrons. The van der Waals surface area contributed by atoms with Crippen molar-refractivity contribution >= 4 is 17.7 Å². The van der Waals surface area contributed by atoms with Crippen LogP contribution in [-0.4, -0.2) is 24.9 Å². The number of carbonyl (C=O) groups is 1. The summed E-state index contributed by atoms with van der Waals surface area (Å²) in [6.07, 6.45) is 2.10. The zero-order chi connectivity index (χ0) is 12.7. The molecule has 3 nitrogen and oxygen atoms in total. The average Bonchev–Trinajstić information content (AvgIpc) is 2.37. The van der Waals surface area contributed by atoms with Crippen LogP contribution in [0, 0.1) is 0 Å². The second kappa shape index (κ2) is 7.22. The Morgan fingerprint density at radius 3 is 2.41 bits per heavy atom. The van der Waals surface area contributed by atoms with Crippen molar-refractivity contribution in [3.63, 3.8) is 0 Å². The Hall–Kier alpha value is -1.16. The third-order valence-electron chi connectivity index (χ3n) is 2.26. The predicted molar refractivity (Wildman–Crippen MR) is 69.6 cm³/mol. The van der Waals surface area contributed by atoms with Gasteiger partial charge in [0.1, 0.15) is 5.75 Å². The third kappa shape index (κ3) is 4.30. The standard InChI is InChI=1S/C13H18O3S/c1-4-12(13(14)15-5-2)16-10-6-8-11(17-3)9-7-10/h6-9,12H,4-5H2,1-3H3. The van der Waals surface area contributed by atoms with E-state index in [0.717, 1.165) is 0 Å². The van der Waals surface area contributed by atoms with E-state index in [2.05, 4.69) is 0 Å². The molecule has 1 aromatic rings. The van der Waals surface area contributed by atoms with E-state index in [-0.39, 0.29) is 5.97 Å². The lowest BCUT2D eigenvalue weighted by Gasteiger charge is -2.16. The van der Waals surface area contributed by atoms with Gasteiger partial charge in [-0.15, -0.1) is 11.8 Å². The van der Waals surface area contributed by atoms with Gasteiger partial charge in [-0.1, -0.05) is 6.92 Å². The molecule has 0 spiro atoms. The summed E-state index contributed by atoms with van der Waals surface area (Å²) in [6.45, 7) is 4.07. The zero-order valence-corrected chi connectivity index (χ0v) is 11.3. The first-order chi connectivity index (χ1) is 8.21. The van der Waals surface area contributed by atoms with Gasteiger partial charge in [-0.25, -0.2) is 4.79 Å². The van der Waals surface area contributed by atoms with Crippen LogP contribution in [0.25, 0.3) is 0 Å². The lowest BCUT2D eigenvalue weighted by Crippen LogP contribution is -2.28. The molecule has 0 fully saturated rings. The quantitative estimate of drug-likeness (QED) is 0.577. The molecule has 1 unspecified atom stereocenters. The molecule has 0 aliphatic rings. The summed E-state index contributed by atoms with van der Waals surface area (Å²) in [6, 6.07) is 7.68. The largest absolute Gasteiger partial charge is 0.479 e. The number of hydrogen-bond donors (Lipinski definition) is 0. The van der Waals surface area contributed by atoms with Gasteiger partial charge in [-0.05, 0) is 43.9 Å². The van der Waals surface area contributed by atoms with Crippen LogP contribution in [-0.2, 0) is 9.53 Å². The molecular formula is C13H18O3S. The molecule has 0 amide bonds. The Morgan fingerprint density at radius 2 is 1.94 bits per heavy atom. The minimum atomic E-state index is -0.518. The van der Waals surface area contributed by atoms with E-state index >= 15 is 0 Å². The van der Waals surface area contributed by atoms with Gasteiger partial charge >= 0.3 is 5.97 Å². The molecule has 1 rings (SSSR count). The predicted octanol–water partition coefficient (Wildman–Crippen LogP) is 3.13. The van der Waals surface area contributed by atoms with E-state index in [0.29, 0.717) is 18.8 Å². The number of carbonyl (C=O) groups excluding carboxylic acids is 1. The molecule has 4 heteroatoms. The average molecular weight is 254 g/mol.